The van der Waals surface area contributed by atoms with Gasteiger partial charge in [-0.25, -0.2) is 0 Å². The Balaban J connectivity index is 2.33. The molecule has 188 valence electrons. The van der Waals surface area contributed by atoms with Crippen LogP contribution in [0.3, 0.4) is 0 Å². The van der Waals surface area contributed by atoms with E-state index in [0.717, 1.165) is 11.1 Å². The van der Waals surface area contributed by atoms with Gasteiger partial charge in [0, 0.05) is 0 Å². The molecule has 5 atom stereocenters. The smallest absolute Gasteiger partial charge is 0.184 e. The second-order valence-electron chi connectivity index (χ2n) is 11.9. The lowest BCUT2D eigenvalue weighted by atomic mass is 9.48. The number of Topliss-reactive ketones (excluding diaryl/α,β-unsaturated/α-hetero) is 3. The molecule has 0 aliphatic heterocycles. The van der Waals surface area contributed by atoms with Crippen molar-refractivity contribution >= 4 is 17.3 Å². The Labute approximate surface area is 202 Å². The Morgan fingerprint density at radius 1 is 0.941 bits per heavy atom. The summed E-state index contributed by atoms with van der Waals surface area (Å²) in [6, 6.07) is 0. The predicted molar refractivity (Wildman–Crippen MR) is 130 cm³/mol. The van der Waals surface area contributed by atoms with Crippen LogP contribution in [0.2, 0.25) is 0 Å². The van der Waals surface area contributed by atoms with Gasteiger partial charge in [-0.2, -0.15) is 0 Å². The van der Waals surface area contributed by atoms with Gasteiger partial charge in [0.25, 0.3) is 0 Å². The minimum absolute atomic E-state index is 0.0859. The van der Waals surface area contributed by atoms with Gasteiger partial charge in [-0.15, -0.1) is 0 Å². The third kappa shape index (κ3) is 4.03. The van der Waals surface area contributed by atoms with Crippen LogP contribution in [0, 0.1) is 22.7 Å². The molecule has 0 heterocycles. The predicted octanol–water partition coefficient (Wildman–Crippen LogP) is 4.55. The molecule has 2 saturated carbocycles. The van der Waals surface area contributed by atoms with Gasteiger partial charge in [-0.1, -0.05) is 23.3 Å². The lowest BCUT2D eigenvalue weighted by Crippen LogP contribution is -2.62. The van der Waals surface area contributed by atoms with E-state index < -0.39 is 51.1 Å². The fourth-order valence-corrected chi connectivity index (χ4v) is 6.71. The molecule has 3 aliphatic rings. The fraction of sp³-hybridized carbons (Fsp3) is 0.679. The second kappa shape index (κ2) is 8.56. The maximum Gasteiger partial charge on any atom is 0.184 e. The first-order chi connectivity index (χ1) is 15.5. The molecule has 0 bridgehead atoms. The summed E-state index contributed by atoms with van der Waals surface area (Å²) >= 11 is 0. The highest BCUT2D eigenvalue weighted by Crippen LogP contribution is 2.63. The Hall–Kier alpha value is -2.05. The SMILES string of the molecule is CC(=O)C1=C(O)[C@]2(C[C@H]3[C@@H](CC[C@@]3(C)O)[C@](C)(O)C2)C(=O)C(CC=C(C)C)(CC=C(C)C)C1=O. The number of aliphatic hydroxyl groups excluding tert-OH is 1. The Morgan fingerprint density at radius 3 is 1.94 bits per heavy atom. The summed E-state index contributed by atoms with van der Waals surface area (Å²) in [7, 11) is 0. The summed E-state index contributed by atoms with van der Waals surface area (Å²) in [5.74, 6) is -2.91. The van der Waals surface area contributed by atoms with Crippen LogP contribution in [0.25, 0.3) is 0 Å². The van der Waals surface area contributed by atoms with E-state index in [9.17, 15) is 29.7 Å². The summed E-state index contributed by atoms with van der Waals surface area (Å²) in [6.07, 6.45) is 4.98. The van der Waals surface area contributed by atoms with E-state index >= 15 is 0 Å². The van der Waals surface area contributed by atoms with Crippen molar-refractivity contribution < 1.29 is 29.7 Å². The zero-order chi connectivity index (χ0) is 25.9. The number of aliphatic hydroxyl groups is 3. The zero-order valence-electron chi connectivity index (χ0n) is 21.6. The number of hydrogen-bond acceptors (Lipinski definition) is 6. The Kier molecular flexibility index (Phi) is 6.68. The first-order valence-corrected chi connectivity index (χ1v) is 12.3. The van der Waals surface area contributed by atoms with Crippen molar-refractivity contribution in [3.05, 3.63) is 34.6 Å². The quantitative estimate of drug-likeness (QED) is 0.308. The molecule has 3 aliphatic carbocycles. The van der Waals surface area contributed by atoms with Gasteiger partial charge in [0.1, 0.15) is 11.2 Å². The molecule has 1 spiro atoms. The summed E-state index contributed by atoms with van der Waals surface area (Å²) < 4.78 is 0. The molecular formula is C28H40O6. The number of fused-ring (bicyclic) bond motifs is 1. The maximum absolute atomic E-state index is 14.5. The van der Waals surface area contributed by atoms with E-state index in [1.165, 1.54) is 6.92 Å². The van der Waals surface area contributed by atoms with Crippen LogP contribution < -0.4 is 0 Å². The highest BCUT2D eigenvalue weighted by molar-refractivity contribution is 6.30. The van der Waals surface area contributed by atoms with Crippen molar-refractivity contribution in [1.29, 1.82) is 0 Å². The Bertz CT molecular complexity index is 980. The van der Waals surface area contributed by atoms with Crippen molar-refractivity contribution in [2.75, 3.05) is 0 Å². The topological polar surface area (TPSA) is 112 Å². The van der Waals surface area contributed by atoms with Crippen LogP contribution in [0.5, 0.6) is 0 Å². The number of hydrogen-bond donors (Lipinski definition) is 3. The minimum Gasteiger partial charge on any atom is -0.510 e. The fourth-order valence-electron chi connectivity index (χ4n) is 6.71. The molecule has 2 fully saturated rings. The van der Waals surface area contributed by atoms with E-state index in [-0.39, 0.29) is 37.2 Å². The molecule has 3 N–H and O–H groups in total. The van der Waals surface area contributed by atoms with Crippen molar-refractivity contribution in [3.63, 3.8) is 0 Å². The standard InChI is InChI=1S/C28H40O6/c1-16(2)8-12-27(13-9-17(3)4)22(30)21(18(5)29)23(31)28(24(27)32)14-20-19(26(7,34)15-28)10-11-25(20,6)33/h8-9,19-20,31,33-34H,10-15H2,1-7H3/t19-,20+,25-,26-,28-/m1/s1. The molecule has 3 rings (SSSR count). The normalized spacial score (nSPS) is 37.0. The van der Waals surface area contributed by atoms with E-state index in [1.54, 1.807) is 13.8 Å². The monoisotopic (exact) mass is 472 g/mol. The lowest BCUT2D eigenvalue weighted by molar-refractivity contribution is -0.168. The average Bonchev–Trinajstić information content (AvgIpc) is 3.01. The number of allylic oxidation sites excluding steroid dienone is 6. The highest BCUT2D eigenvalue weighted by atomic mass is 16.3. The van der Waals surface area contributed by atoms with Gasteiger partial charge in [0.05, 0.1) is 22.2 Å². The van der Waals surface area contributed by atoms with Crippen LogP contribution in [0.15, 0.2) is 34.6 Å². The molecule has 0 aromatic rings. The number of carbonyl (C=O) groups is 3. The summed E-state index contributed by atoms with van der Waals surface area (Å²) in [5, 5.41) is 34.1. The van der Waals surface area contributed by atoms with E-state index in [0.29, 0.717) is 12.8 Å². The van der Waals surface area contributed by atoms with Gasteiger partial charge in [-0.05, 0) is 98.8 Å². The second-order valence-corrected chi connectivity index (χ2v) is 11.9. The molecule has 34 heavy (non-hydrogen) atoms. The number of ketones is 3. The van der Waals surface area contributed by atoms with Gasteiger partial charge in [0.2, 0.25) is 0 Å². The van der Waals surface area contributed by atoms with Crippen molar-refractivity contribution in [3.8, 4) is 0 Å². The van der Waals surface area contributed by atoms with E-state index in [1.807, 2.05) is 39.8 Å². The minimum atomic E-state index is -1.61. The largest absolute Gasteiger partial charge is 0.510 e. The molecule has 0 radical (unpaired) electrons. The van der Waals surface area contributed by atoms with Gasteiger partial charge >= 0.3 is 0 Å². The molecule has 0 aromatic carbocycles. The molecule has 0 aromatic heterocycles. The third-order valence-corrected chi connectivity index (χ3v) is 8.56. The average molecular weight is 473 g/mol. The van der Waals surface area contributed by atoms with E-state index in [2.05, 4.69) is 0 Å². The molecule has 6 nitrogen and oxygen atoms in total. The highest BCUT2D eigenvalue weighted by Gasteiger charge is 2.68. The number of carbonyl (C=O) groups excluding carboxylic acids is 3. The van der Waals surface area contributed by atoms with Crippen LogP contribution >= 0.6 is 0 Å². The summed E-state index contributed by atoms with van der Waals surface area (Å²) in [6.45, 7) is 12.1. The molecule has 6 heteroatoms. The van der Waals surface area contributed by atoms with Crippen LogP contribution in [0.4, 0.5) is 0 Å². The van der Waals surface area contributed by atoms with Crippen LogP contribution in [-0.4, -0.2) is 43.9 Å². The van der Waals surface area contributed by atoms with Crippen molar-refractivity contribution in [2.24, 2.45) is 22.7 Å². The Morgan fingerprint density at radius 2 is 1.47 bits per heavy atom. The first-order valence-electron chi connectivity index (χ1n) is 12.3. The lowest BCUT2D eigenvalue weighted by Gasteiger charge is -2.54. The van der Waals surface area contributed by atoms with Gasteiger partial charge in [0.15, 0.2) is 17.3 Å². The van der Waals surface area contributed by atoms with Crippen LogP contribution in [-0.2, 0) is 14.4 Å². The van der Waals surface area contributed by atoms with Gasteiger partial charge in [-0.3, -0.25) is 14.4 Å². The van der Waals surface area contributed by atoms with Gasteiger partial charge < -0.3 is 15.3 Å². The van der Waals surface area contributed by atoms with Crippen LogP contribution in [0.1, 0.15) is 87.0 Å². The summed E-state index contributed by atoms with van der Waals surface area (Å²) in [5.41, 5.74) is -4.12. The van der Waals surface area contributed by atoms with Crippen molar-refractivity contribution in [1.82, 2.24) is 0 Å². The molecule has 0 saturated heterocycles. The number of rotatable bonds is 5. The molecular weight excluding hydrogens is 432 g/mol. The summed E-state index contributed by atoms with van der Waals surface area (Å²) in [4.78, 5) is 41.1. The van der Waals surface area contributed by atoms with Crippen molar-refractivity contribution in [2.45, 2.75) is 98.2 Å². The molecule has 0 amide bonds. The maximum atomic E-state index is 14.5. The molecule has 0 unspecified atom stereocenters. The first kappa shape index (κ1) is 26.6. The van der Waals surface area contributed by atoms with E-state index in [4.69, 9.17) is 0 Å². The zero-order valence-corrected chi connectivity index (χ0v) is 21.6. The third-order valence-electron chi connectivity index (χ3n) is 8.56.